The number of carbonyl (C=O) groups excluding carboxylic acids is 2. The molecule has 1 aromatic carbocycles. The summed E-state index contributed by atoms with van der Waals surface area (Å²) >= 11 is 5.97. The maximum absolute atomic E-state index is 12.0. The Labute approximate surface area is 122 Å². The van der Waals surface area contributed by atoms with Crippen molar-refractivity contribution < 1.29 is 14.7 Å². The van der Waals surface area contributed by atoms with E-state index in [4.69, 9.17) is 11.6 Å². The van der Waals surface area contributed by atoms with Crippen LogP contribution in [0.25, 0.3) is 0 Å². The van der Waals surface area contributed by atoms with E-state index in [9.17, 15) is 14.7 Å². The van der Waals surface area contributed by atoms with Gasteiger partial charge in [0.15, 0.2) is 0 Å². The van der Waals surface area contributed by atoms with E-state index in [-0.39, 0.29) is 6.10 Å². The molecule has 2 amide bonds. The van der Waals surface area contributed by atoms with Crippen LogP contribution in [0.2, 0.25) is 5.02 Å². The van der Waals surface area contributed by atoms with Crippen LogP contribution in [0.3, 0.4) is 0 Å². The smallest absolute Gasteiger partial charge is 0.313 e. The van der Waals surface area contributed by atoms with E-state index < -0.39 is 11.8 Å². The standard InChI is InChI=1S/C14H17ClN2O3/c1-9-2-3-10(8-12(9)15)16-13(19)14(20)17-6-4-11(18)5-7-17/h2-3,8,11,18H,4-7H2,1H3,(H,16,19). The number of aryl methyl sites for hydroxylation is 1. The molecule has 2 rings (SSSR count). The van der Waals surface area contributed by atoms with Gasteiger partial charge in [-0.3, -0.25) is 9.59 Å². The normalized spacial score (nSPS) is 16.1. The number of amides is 2. The third-order valence-corrected chi connectivity index (χ3v) is 3.78. The molecule has 1 aliphatic heterocycles. The van der Waals surface area contributed by atoms with E-state index in [0.717, 1.165) is 5.56 Å². The largest absolute Gasteiger partial charge is 0.393 e. The molecule has 0 radical (unpaired) electrons. The van der Waals surface area contributed by atoms with Gasteiger partial charge in [0.2, 0.25) is 0 Å². The van der Waals surface area contributed by atoms with Crippen molar-refractivity contribution in [2.75, 3.05) is 18.4 Å². The lowest BCUT2D eigenvalue weighted by Gasteiger charge is -2.28. The number of nitrogens with one attached hydrogen (secondary N) is 1. The Bertz CT molecular complexity index is 525. The number of piperidine rings is 1. The van der Waals surface area contributed by atoms with E-state index in [1.54, 1.807) is 18.2 Å². The van der Waals surface area contributed by atoms with Crippen LogP contribution in [0, 0.1) is 6.92 Å². The van der Waals surface area contributed by atoms with Crippen LogP contribution in [-0.2, 0) is 9.59 Å². The second-order valence-corrected chi connectivity index (χ2v) is 5.35. The number of likely N-dealkylation sites (tertiary alicyclic amines) is 1. The summed E-state index contributed by atoms with van der Waals surface area (Å²) < 4.78 is 0. The highest BCUT2D eigenvalue weighted by Crippen LogP contribution is 2.20. The zero-order valence-corrected chi connectivity index (χ0v) is 12.0. The second-order valence-electron chi connectivity index (χ2n) is 4.94. The number of nitrogens with zero attached hydrogens (tertiary/aromatic N) is 1. The number of halogens is 1. The second kappa shape index (κ2) is 6.24. The van der Waals surface area contributed by atoms with Gasteiger partial charge in [-0.2, -0.15) is 0 Å². The van der Waals surface area contributed by atoms with Crippen molar-refractivity contribution in [3.05, 3.63) is 28.8 Å². The van der Waals surface area contributed by atoms with Crippen LogP contribution in [0.4, 0.5) is 5.69 Å². The molecule has 5 nitrogen and oxygen atoms in total. The number of hydrogen-bond donors (Lipinski definition) is 2. The number of aliphatic hydroxyl groups excluding tert-OH is 1. The summed E-state index contributed by atoms with van der Waals surface area (Å²) in [4.78, 5) is 25.3. The van der Waals surface area contributed by atoms with Crippen molar-refractivity contribution in [2.24, 2.45) is 0 Å². The molecule has 6 heteroatoms. The van der Waals surface area contributed by atoms with Gasteiger partial charge in [-0.05, 0) is 37.5 Å². The van der Waals surface area contributed by atoms with Crippen LogP contribution in [0.1, 0.15) is 18.4 Å². The number of carbonyl (C=O) groups is 2. The fourth-order valence-corrected chi connectivity index (χ4v) is 2.25. The molecule has 0 spiro atoms. The number of benzene rings is 1. The third-order valence-electron chi connectivity index (χ3n) is 3.38. The van der Waals surface area contributed by atoms with Crippen molar-refractivity contribution >= 4 is 29.1 Å². The molecule has 0 atom stereocenters. The lowest BCUT2D eigenvalue weighted by Crippen LogP contribution is -2.45. The van der Waals surface area contributed by atoms with Crippen molar-refractivity contribution in [3.8, 4) is 0 Å². The van der Waals surface area contributed by atoms with Gasteiger partial charge in [-0.1, -0.05) is 17.7 Å². The SMILES string of the molecule is Cc1ccc(NC(=O)C(=O)N2CCC(O)CC2)cc1Cl. The maximum atomic E-state index is 12.0. The molecule has 2 N–H and O–H groups in total. The van der Waals surface area contributed by atoms with E-state index in [1.807, 2.05) is 6.92 Å². The number of rotatable bonds is 1. The first-order valence-corrected chi connectivity index (χ1v) is 6.89. The van der Waals surface area contributed by atoms with Gasteiger partial charge in [0.1, 0.15) is 0 Å². The van der Waals surface area contributed by atoms with Crippen LogP contribution >= 0.6 is 11.6 Å². The van der Waals surface area contributed by atoms with Gasteiger partial charge in [0.25, 0.3) is 0 Å². The summed E-state index contributed by atoms with van der Waals surface area (Å²) in [5, 5.41) is 12.5. The Kier molecular flexibility index (Phi) is 4.62. The van der Waals surface area contributed by atoms with Crippen LogP contribution < -0.4 is 5.32 Å². The van der Waals surface area contributed by atoms with Gasteiger partial charge in [-0.25, -0.2) is 0 Å². The molecule has 20 heavy (non-hydrogen) atoms. The minimum absolute atomic E-state index is 0.377. The van der Waals surface area contributed by atoms with E-state index >= 15 is 0 Å². The number of aliphatic hydroxyl groups is 1. The Morgan fingerprint density at radius 2 is 2.00 bits per heavy atom. The lowest BCUT2D eigenvalue weighted by molar-refractivity contribution is -0.144. The lowest BCUT2D eigenvalue weighted by atomic mass is 10.1. The number of anilines is 1. The van der Waals surface area contributed by atoms with Crippen molar-refractivity contribution in [1.29, 1.82) is 0 Å². The van der Waals surface area contributed by atoms with Gasteiger partial charge in [0.05, 0.1) is 6.10 Å². The van der Waals surface area contributed by atoms with Crippen molar-refractivity contribution in [2.45, 2.75) is 25.9 Å². The van der Waals surface area contributed by atoms with Crippen molar-refractivity contribution in [1.82, 2.24) is 4.90 Å². The van der Waals surface area contributed by atoms with Gasteiger partial charge < -0.3 is 15.3 Å². The van der Waals surface area contributed by atoms with Gasteiger partial charge >= 0.3 is 11.8 Å². The Hall–Kier alpha value is -1.59. The van der Waals surface area contributed by atoms with Gasteiger partial charge in [0, 0.05) is 23.8 Å². The summed E-state index contributed by atoms with van der Waals surface area (Å²) in [5.41, 5.74) is 1.40. The fraction of sp³-hybridized carbons (Fsp3) is 0.429. The fourth-order valence-electron chi connectivity index (χ4n) is 2.07. The molecule has 1 saturated heterocycles. The molecule has 1 fully saturated rings. The quantitative estimate of drug-likeness (QED) is 0.773. The maximum Gasteiger partial charge on any atom is 0.313 e. The predicted octanol–water partition coefficient (Wildman–Crippen LogP) is 1.57. The zero-order valence-electron chi connectivity index (χ0n) is 11.2. The summed E-state index contributed by atoms with van der Waals surface area (Å²) in [6.07, 6.45) is 0.642. The minimum atomic E-state index is -0.679. The van der Waals surface area contributed by atoms with E-state index in [2.05, 4.69) is 5.32 Å². The molecule has 0 aromatic heterocycles. The van der Waals surface area contributed by atoms with Crippen molar-refractivity contribution in [3.63, 3.8) is 0 Å². The molecular weight excluding hydrogens is 280 g/mol. The minimum Gasteiger partial charge on any atom is -0.393 e. The highest BCUT2D eigenvalue weighted by atomic mass is 35.5. The average molecular weight is 297 g/mol. The Balaban J connectivity index is 1.97. The topological polar surface area (TPSA) is 69.6 Å². The highest BCUT2D eigenvalue weighted by molar-refractivity contribution is 6.39. The molecule has 108 valence electrons. The summed E-state index contributed by atoms with van der Waals surface area (Å²) in [5.74, 6) is -1.25. The molecule has 1 aliphatic rings. The first kappa shape index (κ1) is 14.8. The molecule has 1 aromatic rings. The first-order chi connectivity index (χ1) is 9.47. The summed E-state index contributed by atoms with van der Waals surface area (Å²) in [7, 11) is 0. The number of hydrogen-bond acceptors (Lipinski definition) is 3. The summed E-state index contributed by atoms with van der Waals surface area (Å²) in [6, 6.07) is 5.09. The van der Waals surface area contributed by atoms with E-state index in [0.29, 0.717) is 36.6 Å². The Morgan fingerprint density at radius 1 is 1.35 bits per heavy atom. The highest BCUT2D eigenvalue weighted by Gasteiger charge is 2.26. The Morgan fingerprint density at radius 3 is 2.60 bits per heavy atom. The molecule has 0 saturated carbocycles. The first-order valence-electron chi connectivity index (χ1n) is 6.52. The monoisotopic (exact) mass is 296 g/mol. The van der Waals surface area contributed by atoms with Crippen LogP contribution in [0.5, 0.6) is 0 Å². The third kappa shape index (κ3) is 3.49. The zero-order chi connectivity index (χ0) is 14.7. The van der Waals surface area contributed by atoms with Crippen LogP contribution in [-0.4, -0.2) is 41.0 Å². The molecule has 1 heterocycles. The molecule has 0 aliphatic carbocycles. The summed E-state index contributed by atoms with van der Waals surface area (Å²) in [6.45, 7) is 2.67. The predicted molar refractivity (Wildman–Crippen MR) is 76.6 cm³/mol. The van der Waals surface area contributed by atoms with Crippen LogP contribution in [0.15, 0.2) is 18.2 Å². The van der Waals surface area contributed by atoms with Gasteiger partial charge in [-0.15, -0.1) is 0 Å². The molecular formula is C14H17ClN2O3. The van der Waals surface area contributed by atoms with E-state index in [1.165, 1.54) is 4.90 Å². The molecule has 0 bridgehead atoms. The molecule has 0 unspecified atom stereocenters. The average Bonchev–Trinajstić information content (AvgIpc) is 2.43.